The Bertz CT molecular complexity index is 698. The predicted octanol–water partition coefficient (Wildman–Crippen LogP) is 0.724. The topological polar surface area (TPSA) is 120 Å². The summed E-state index contributed by atoms with van der Waals surface area (Å²) in [5.41, 5.74) is 5.32. The number of hydrogen-bond acceptors (Lipinski definition) is 7. The Kier molecular flexibility index (Phi) is 4.99. The Hall–Kier alpha value is -2.55. The molecule has 118 valence electrons. The van der Waals surface area contributed by atoms with Crippen LogP contribution in [0.2, 0.25) is 0 Å². The van der Waals surface area contributed by atoms with Crippen LogP contribution in [0, 0.1) is 0 Å². The molecule has 1 aliphatic heterocycles. The number of ether oxygens (including phenoxy) is 2. The molecule has 0 bridgehead atoms. The highest BCUT2D eigenvalue weighted by Gasteiger charge is 2.28. The maximum atomic E-state index is 12.1. The Labute approximate surface area is 127 Å². The molecule has 3 N–H and O–H groups in total. The van der Waals surface area contributed by atoms with Gasteiger partial charge in [0, 0.05) is 19.2 Å². The van der Waals surface area contributed by atoms with Gasteiger partial charge in [-0.05, 0) is 12.1 Å². The highest BCUT2D eigenvalue weighted by Crippen LogP contribution is 2.13. The van der Waals surface area contributed by atoms with E-state index in [4.69, 9.17) is 15.2 Å². The Morgan fingerprint density at radius 1 is 1.36 bits per heavy atom. The second-order valence-corrected chi connectivity index (χ2v) is 5.88. The van der Waals surface area contributed by atoms with Gasteiger partial charge in [-0.2, -0.15) is 0 Å². The van der Waals surface area contributed by atoms with E-state index in [-0.39, 0.29) is 11.6 Å². The van der Waals surface area contributed by atoms with Crippen molar-refractivity contribution < 1.29 is 22.7 Å². The third-order valence-electron chi connectivity index (χ3n) is 2.62. The molecule has 8 nitrogen and oxygen atoms in total. The molecule has 9 heteroatoms. The molecule has 1 heterocycles. The van der Waals surface area contributed by atoms with Gasteiger partial charge in [0.15, 0.2) is 4.91 Å². The molecule has 0 aliphatic carbocycles. The molecule has 0 spiro atoms. The Morgan fingerprint density at radius 2 is 2.09 bits per heavy atom. The van der Waals surface area contributed by atoms with Gasteiger partial charge in [-0.25, -0.2) is 17.9 Å². The largest absolute Gasteiger partial charge is 0.477 e. The fraction of sp³-hybridized carbons (Fsp3) is 0.231. The molecule has 0 saturated carbocycles. The number of carbonyl (C=O) groups is 1. The van der Waals surface area contributed by atoms with Crippen molar-refractivity contribution in [1.29, 1.82) is 0 Å². The number of sulfonamides is 1. The van der Waals surface area contributed by atoms with Crippen molar-refractivity contribution in [1.82, 2.24) is 4.72 Å². The van der Waals surface area contributed by atoms with E-state index in [9.17, 15) is 13.2 Å². The van der Waals surface area contributed by atoms with E-state index in [1.54, 1.807) is 22.9 Å². The highest BCUT2D eigenvalue weighted by molar-refractivity contribution is 7.94. The summed E-state index contributed by atoms with van der Waals surface area (Å²) >= 11 is 0. The monoisotopic (exact) mass is 325 g/mol. The van der Waals surface area contributed by atoms with Crippen LogP contribution >= 0.6 is 0 Å². The highest BCUT2D eigenvalue weighted by atomic mass is 32.2. The van der Waals surface area contributed by atoms with E-state index in [1.807, 2.05) is 0 Å². The smallest absolute Gasteiger partial charge is 0.426 e. The molecule has 0 atom stereocenters. The van der Waals surface area contributed by atoms with Gasteiger partial charge in [-0.15, -0.1) is 0 Å². The number of nitrogens with zero attached hydrogens (tertiary/aromatic N) is 1. The molecule has 0 saturated heterocycles. The maximum Gasteiger partial charge on any atom is 0.426 e. The van der Waals surface area contributed by atoms with Crippen LogP contribution in [0.25, 0.3) is 0 Å². The van der Waals surface area contributed by atoms with Crippen molar-refractivity contribution in [2.75, 3.05) is 13.2 Å². The van der Waals surface area contributed by atoms with Crippen LogP contribution < -0.4 is 15.2 Å². The molecule has 1 amide bonds. The second kappa shape index (κ2) is 6.94. The average Bonchev–Trinajstić information content (AvgIpc) is 2.49. The summed E-state index contributed by atoms with van der Waals surface area (Å²) < 4.78 is 36.0. The summed E-state index contributed by atoms with van der Waals surface area (Å²) in [4.78, 5) is 15.2. The molecule has 1 aliphatic rings. The summed E-state index contributed by atoms with van der Waals surface area (Å²) in [6.45, 7) is 0.761. The first-order valence-electron chi connectivity index (χ1n) is 6.42. The molecule has 1 aromatic rings. The normalized spacial score (nSPS) is 15.5. The number of carbonyl (C=O) groups excluding carboxylic acids is 1. The molecule has 1 aromatic carbocycles. The van der Waals surface area contributed by atoms with Gasteiger partial charge in [0.25, 0.3) is 10.0 Å². The lowest BCUT2D eigenvalue weighted by atomic mass is 10.3. The number of amides is 1. The molecule has 22 heavy (non-hydrogen) atoms. The molecule has 0 aromatic heterocycles. The zero-order valence-corrected chi connectivity index (χ0v) is 12.4. The van der Waals surface area contributed by atoms with Crippen molar-refractivity contribution in [3.05, 3.63) is 41.4 Å². The summed E-state index contributed by atoms with van der Waals surface area (Å²) in [7, 11) is -4.24. The van der Waals surface area contributed by atoms with Crippen molar-refractivity contribution in [2.45, 2.75) is 6.42 Å². The summed E-state index contributed by atoms with van der Waals surface area (Å²) in [5, 5.41) is 0. The van der Waals surface area contributed by atoms with E-state index in [2.05, 4.69) is 4.99 Å². The van der Waals surface area contributed by atoms with Gasteiger partial charge in [0.05, 0.1) is 6.61 Å². The first-order chi connectivity index (χ1) is 10.5. The number of nitrogens with one attached hydrogen (secondary N) is 1. The van der Waals surface area contributed by atoms with Crippen LogP contribution in [-0.4, -0.2) is 33.6 Å². The van der Waals surface area contributed by atoms with E-state index in [0.29, 0.717) is 19.6 Å². The minimum Gasteiger partial charge on any atom is -0.477 e. The number of aliphatic imine (C=N–C) groups is 1. The van der Waals surface area contributed by atoms with E-state index < -0.39 is 21.0 Å². The standard InChI is InChI=1S/C13H15N3O5S/c14-9-11(12-15-7-4-8-20-12)22(18,19)16-13(17)21-10-5-2-1-3-6-10/h1-3,5-6,9H,4,7-8,14H2,(H,16,17). The van der Waals surface area contributed by atoms with Crippen molar-refractivity contribution in [3.8, 4) is 5.75 Å². The average molecular weight is 325 g/mol. The number of rotatable bonds is 4. The van der Waals surface area contributed by atoms with Gasteiger partial charge in [0.2, 0.25) is 5.90 Å². The van der Waals surface area contributed by atoms with Crippen LogP contribution in [0.4, 0.5) is 4.79 Å². The van der Waals surface area contributed by atoms with Gasteiger partial charge < -0.3 is 15.2 Å². The van der Waals surface area contributed by atoms with Crippen LogP contribution in [0.1, 0.15) is 6.42 Å². The van der Waals surface area contributed by atoms with E-state index in [1.165, 1.54) is 12.1 Å². The number of nitrogens with two attached hydrogens (primary N) is 1. The number of hydrogen-bond donors (Lipinski definition) is 2. The SMILES string of the molecule is NC=C(C1=NCCCO1)S(=O)(=O)NC(=O)Oc1ccccc1. The van der Waals surface area contributed by atoms with Gasteiger partial charge in [-0.3, -0.25) is 4.99 Å². The zero-order valence-electron chi connectivity index (χ0n) is 11.6. The van der Waals surface area contributed by atoms with E-state index in [0.717, 1.165) is 6.20 Å². The number of para-hydroxylation sites is 1. The minimum atomic E-state index is -4.24. The zero-order chi connectivity index (χ0) is 16.0. The van der Waals surface area contributed by atoms with Crippen molar-refractivity contribution in [2.24, 2.45) is 10.7 Å². The first kappa shape index (κ1) is 15.8. The molecular formula is C13H15N3O5S. The third kappa shape index (κ3) is 3.98. The molecule has 0 unspecified atom stereocenters. The Morgan fingerprint density at radius 3 is 2.68 bits per heavy atom. The molecule has 0 fully saturated rings. The fourth-order valence-electron chi connectivity index (χ4n) is 1.67. The lowest BCUT2D eigenvalue weighted by molar-refractivity contribution is 0.207. The third-order valence-corrected chi connectivity index (χ3v) is 3.94. The van der Waals surface area contributed by atoms with Crippen LogP contribution in [0.15, 0.2) is 46.4 Å². The van der Waals surface area contributed by atoms with Gasteiger partial charge in [-0.1, -0.05) is 18.2 Å². The summed E-state index contributed by atoms with van der Waals surface area (Å²) in [5.74, 6) is 0.0912. The summed E-state index contributed by atoms with van der Waals surface area (Å²) in [6, 6.07) is 8.05. The first-order valence-corrected chi connectivity index (χ1v) is 7.90. The maximum absolute atomic E-state index is 12.1. The lowest BCUT2D eigenvalue weighted by Crippen LogP contribution is -2.37. The second-order valence-electron chi connectivity index (χ2n) is 4.23. The van der Waals surface area contributed by atoms with Crippen LogP contribution in [-0.2, 0) is 14.8 Å². The minimum absolute atomic E-state index is 0.117. The fourth-order valence-corrected chi connectivity index (χ4v) is 2.57. The number of benzene rings is 1. The van der Waals surface area contributed by atoms with Crippen molar-refractivity contribution in [3.63, 3.8) is 0 Å². The van der Waals surface area contributed by atoms with Gasteiger partial charge >= 0.3 is 6.09 Å². The van der Waals surface area contributed by atoms with Crippen LogP contribution in [0.3, 0.4) is 0 Å². The molecule has 0 radical (unpaired) electrons. The molecule has 2 rings (SSSR count). The predicted molar refractivity (Wildman–Crippen MR) is 79.7 cm³/mol. The molecular weight excluding hydrogens is 310 g/mol. The Balaban J connectivity index is 2.09. The van der Waals surface area contributed by atoms with Crippen LogP contribution in [0.5, 0.6) is 5.75 Å². The summed E-state index contributed by atoms with van der Waals surface area (Å²) in [6.07, 6.45) is 0.356. The quantitative estimate of drug-likeness (QED) is 0.841. The van der Waals surface area contributed by atoms with Crippen molar-refractivity contribution >= 4 is 22.0 Å². The van der Waals surface area contributed by atoms with E-state index >= 15 is 0 Å². The van der Waals surface area contributed by atoms with Gasteiger partial charge in [0.1, 0.15) is 5.75 Å². The lowest BCUT2D eigenvalue weighted by Gasteiger charge is -2.16.